The van der Waals surface area contributed by atoms with Crippen molar-refractivity contribution in [1.82, 2.24) is 0 Å². The van der Waals surface area contributed by atoms with E-state index in [1.807, 2.05) is 6.07 Å². The van der Waals surface area contributed by atoms with Gasteiger partial charge in [-0.1, -0.05) is 49.3 Å². The first-order chi connectivity index (χ1) is 8.93. The van der Waals surface area contributed by atoms with Gasteiger partial charge >= 0.3 is 5.97 Å². The second kappa shape index (κ2) is 8.66. The Morgan fingerprint density at radius 1 is 1.37 bits per heavy atom. The SMILES string of the molecule is CC(C)[C@H](N)C(=O)O.N#C/C(=N/O)c1ccccc1. The number of nitrogens with zero attached hydrogens (tertiary/aromatic N) is 2. The maximum absolute atomic E-state index is 10.0. The van der Waals surface area contributed by atoms with Crippen LogP contribution >= 0.6 is 0 Å². The fourth-order valence-electron chi connectivity index (χ4n) is 1.03. The highest BCUT2D eigenvalue weighted by atomic mass is 16.4. The molecule has 0 saturated carbocycles. The lowest BCUT2D eigenvalue weighted by atomic mass is 10.1. The Balaban J connectivity index is 0.000000362. The van der Waals surface area contributed by atoms with Gasteiger partial charge in [0.1, 0.15) is 12.1 Å². The Labute approximate surface area is 111 Å². The molecule has 0 saturated heterocycles. The van der Waals surface area contributed by atoms with Crippen molar-refractivity contribution < 1.29 is 15.1 Å². The van der Waals surface area contributed by atoms with Crippen molar-refractivity contribution in [1.29, 1.82) is 5.26 Å². The quantitative estimate of drug-likeness (QED) is 0.433. The molecular formula is C13H17N3O3. The third-order valence-electron chi connectivity index (χ3n) is 2.26. The molecule has 6 heteroatoms. The molecule has 0 aromatic heterocycles. The lowest BCUT2D eigenvalue weighted by Crippen LogP contribution is -2.34. The number of carbonyl (C=O) groups is 1. The van der Waals surface area contributed by atoms with Gasteiger partial charge < -0.3 is 16.0 Å². The monoisotopic (exact) mass is 263 g/mol. The van der Waals surface area contributed by atoms with Crippen molar-refractivity contribution >= 4 is 11.7 Å². The predicted molar refractivity (Wildman–Crippen MR) is 70.8 cm³/mol. The summed E-state index contributed by atoms with van der Waals surface area (Å²) >= 11 is 0. The molecule has 1 atom stereocenters. The Bertz CT molecular complexity index is 464. The Kier molecular flexibility index (Phi) is 7.57. The molecule has 1 aromatic carbocycles. The van der Waals surface area contributed by atoms with Gasteiger partial charge in [-0.05, 0) is 5.92 Å². The zero-order valence-corrected chi connectivity index (χ0v) is 10.8. The molecule has 0 fully saturated rings. The first-order valence-corrected chi connectivity index (χ1v) is 5.60. The van der Waals surface area contributed by atoms with Gasteiger partial charge in [0.25, 0.3) is 0 Å². The van der Waals surface area contributed by atoms with E-state index in [4.69, 9.17) is 21.3 Å². The van der Waals surface area contributed by atoms with Crippen molar-refractivity contribution in [3.8, 4) is 6.07 Å². The van der Waals surface area contributed by atoms with Crippen LogP contribution in [0.15, 0.2) is 35.5 Å². The van der Waals surface area contributed by atoms with Crippen LogP contribution in [-0.4, -0.2) is 28.0 Å². The Hall–Kier alpha value is -2.39. The van der Waals surface area contributed by atoms with Crippen LogP contribution in [0.25, 0.3) is 0 Å². The molecule has 0 aliphatic heterocycles. The minimum Gasteiger partial charge on any atom is -0.480 e. The third kappa shape index (κ3) is 6.19. The van der Waals surface area contributed by atoms with Crippen LogP contribution in [0.3, 0.4) is 0 Å². The normalized spacial score (nSPS) is 12.1. The van der Waals surface area contributed by atoms with Crippen molar-refractivity contribution in [3.63, 3.8) is 0 Å². The lowest BCUT2D eigenvalue weighted by Gasteiger charge is -2.07. The van der Waals surface area contributed by atoms with Gasteiger partial charge in [0.15, 0.2) is 5.71 Å². The van der Waals surface area contributed by atoms with Crippen LogP contribution in [0.4, 0.5) is 0 Å². The number of nitriles is 1. The molecule has 0 bridgehead atoms. The van der Waals surface area contributed by atoms with Gasteiger partial charge in [0, 0.05) is 5.56 Å². The predicted octanol–water partition coefficient (Wildman–Crippen LogP) is 1.44. The average molecular weight is 263 g/mol. The van der Waals surface area contributed by atoms with E-state index < -0.39 is 12.0 Å². The van der Waals surface area contributed by atoms with Crippen molar-refractivity contribution in [2.45, 2.75) is 19.9 Å². The van der Waals surface area contributed by atoms with Gasteiger partial charge in [-0.25, -0.2) is 0 Å². The van der Waals surface area contributed by atoms with Gasteiger partial charge in [-0.2, -0.15) is 5.26 Å². The van der Waals surface area contributed by atoms with Gasteiger partial charge in [0.05, 0.1) is 0 Å². The zero-order valence-electron chi connectivity index (χ0n) is 10.8. The van der Waals surface area contributed by atoms with E-state index in [-0.39, 0.29) is 11.6 Å². The van der Waals surface area contributed by atoms with E-state index in [0.717, 1.165) is 0 Å². The second-order valence-corrected chi connectivity index (χ2v) is 4.03. The number of carboxylic acids is 1. The summed E-state index contributed by atoms with van der Waals surface area (Å²) in [7, 11) is 0. The van der Waals surface area contributed by atoms with Gasteiger partial charge in [-0.3, -0.25) is 4.79 Å². The molecule has 1 aromatic rings. The minimum atomic E-state index is -0.931. The summed E-state index contributed by atoms with van der Waals surface area (Å²) in [4.78, 5) is 10.0. The Morgan fingerprint density at radius 3 is 2.16 bits per heavy atom. The molecule has 0 radical (unpaired) electrons. The van der Waals surface area contributed by atoms with Gasteiger partial charge in [0.2, 0.25) is 0 Å². The molecule has 0 unspecified atom stereocenters. The number of hydrogen-bond donors (Lipinski definition) is 3. The summed E-state index contributed by atoms with van der Waals surface area (Å²) in [5.41, 5.74) is 5.82. The van der Waals surface area contributed by atoms with E-state index in [0.29, 0.717) is 5.56 Å². The number of benzene rings is 1. The molecule has 0 aliphatic carbocycles. The number of hydrogen-bond acceptors (Lipinski definition) is 5. The first kappa shape index (κ1) is 16.6. The maximum atomic E-state index is 10.0. The minimum absolute atomic E-state index is 0.0208. The van der Waals surface area contributed by atoms with Crippen molar-refractivity contribution in [3.05, 3.63) is 35.9 Å². The largest absolute Gasteiger partial charge is 0.480 e. The molecule has 1 rings (SSSR count). The van der Waals surface area contributed by atoms with Crippen LogP contribution in [0, 0.1) is 17.2 Å². The van der Waals surface area contributed by atoms with E-state index in [2.05, 4.69) is 5.16 Å². The highest BCUT2D eigenvalue weighted by Gasteiger charge is 2.14. The van der Waals surface area contributed by atoms with Crippen LogP contribution in [-0.2, 0) is 4.79 Å². The lowest BCUT2D eigenvalue weighted by molar-refractivity contribution is -0.139. The topological polar surface area (TPSA) is 120 Å². The van der Waals surface area contributed by atoms with Crippen LogP contribution in [0.1, 0.15) is 19.4 Å². The Morgan fingerprint density at radius 2 is 1.89 bits per heavy atom. The van der Waals surface area contributed by atoms with Crippen LogP contribution in [0.2, 0.25) is 0 Å². The highest BCUT2D eigenvalue weighted by Crippen LogP contribution is 1.99. The number of rotatable bonds is 3. The average Bonchev–Trinajstić information content (AvgIpc) is 2.41. The fraction of sp³-hybridized carbons (Fsp3) is 0.308. The summed E-state index contributed by atoms with van der Waals surface area (Å²) in [6.07, 6.45) is 0. The maximum Gasteiger partial charge on any atom is 0.320 e. The molecule has 0 aliphatic rings. The number of nitrogens with two attached hydrogens (primary N) is 1. The van der Waals surface area contributed by atoms with Crippen molar-refractivity contribution in [2.75, 3.05) is 0 Å². The van der Waals surface area contributed by atoms with E-state index in [9.17, 15) is 4.79 Å². The zero-order chi connectivity index (χ0) is 14.8. The number of aliphatic carboxylic acids is 1. The van der Waals surface area contributed by atoms with E-state index in [1.54, 1.807) is 44.2 Å². The summed E-state index contributed by atoms with van der Waals surface area (Å²) in [5, 5.41) is 27.8. The standard InChI is InChI=1S/C8H6N2O.C5H11NO2/c9-6-8(10-11)7-4-2-1-3-5-7;1-3(2)4(6)5(7)8/h1-5,11H;3-4H,6H2,1-2H3,(H,7,8)/b10-8-;/t;4-/m.0/s1. The number of oxime groups is 1. The highest BCUT2D eigenvalue weighted by molar-refractivity contribution is 6.11. The molecule has 6 nitrogen and oxygen atoms in total. The fourth-order valence-corrected chi connectivity index (χ4v) is 1.03. The molecule has 0 spiro atoms. The molecule has 0 amide bonds. The van der Waals surface area contributed by atoms with Gasteiger partial charge in [-0.15, -0.1) is 0 Å². The number of carboxylic acid groups (broad SMARTS) is 1. The smallest absolute Gasteiger partial charge is 0.320 e. The van der Waals surface area contributed by atoms with E-state index >= 15 is 0 Å². The summed E-state index contributed by atoms with van der Waals surface area (Å²) in [6, 6.07) is 9.85. The molecule has 0 heterocycles. The molecule has 19 heavy (non-hydrogen) atoms. The van der Waals surface area contributed by atoms with Crippen LogP contribution < -0.4 is 5.73 Å². The molecular weight excluding hydrogens is 246 g/mol. The third-order valence-corrected chi connectivity index (χ3v) is 2.26. The summed E-state index contributed by atoms with van der Waals surface area (Å²) in [5.74, 6) is -0.910. The molecule has 102 valence electrons. The first-order valence-electron chi connectivity index (χ1n) is 5.60. The second-order valence-electron chi connectivity index (χ2n) is 4.03. The van der Waals surface area contributed by atoms with E-state index in [1.165, 1.54) is 0 Å². The van der Waals surface area contributed by atoms with Crippen molar-refractivity contribution in [2.24, 2.45) is 16.8 Å². The molecule has 4 N–H and O–H groups in total. The van der Waals surface area contributed by atoms with Crippen LogP contribution in [0.5, 0.6) is 0 Å². The summed E-state index contributed by atoms with van der Waals surface area (Å²) in [6.45, 7) is 3.55. The summed E-state index contributed by atoms with van der Waals surface area (Å²) < 4.78 is 0.